The fourth-order valence-corrected chi connectivity index (χ4v) is 9.11. The Morgan fingerprint density at radius 1 is 1.02 bits per heavy atom. The molecule has 6 heterocycles. The number of piperidine rings is 2. The van der Waals surface area contributed by atoms with Gasteiger partial charge < -0.3 is 25.0 Å². The number of carbonyl (C=O) groups excluding carboxylic acids is 1. The summed E-state index contributed by atoms with van der Waals surface area (Å²) in [6.45, 7) is 5.66. The number of ether oxygens (including phenoxy) is 1. The van der Waals surface area contributed by atoms with Crippen LogP contribution in [0.5, 0.6) is 11.8 Å². The Balaban J connectivity index is 1.10. The summed E-state index contributed by atoms with van der Waals surface area (Å²) in [6.07, 6.45) is 11.7. The molecule has 0 radical (unpaired) electrons. The van der Waals surface area contributed by atoms with E-state index in [0.29, 0.717) is 36.9 Å². The van der Waals surface area contributed by atoms with Gasteiger partial charge in [-0.25, -0.2) is 13.2 Å². The van der Waals surface area contributed by atoms with Crippen molar-refractivity contribution in [1.82, 2.24) is 25.1 Å². The first-order valence-corrected chi connectivity index (χ1v) is 17.9. The lowest BCUT2D eigenvalue weighted by Gasteiger charge is -2.52. The summed E-state index contributed by atoms with van der Waals surface area (Å²) in [5.41, 5.74) is -0.938. The fourth-order valence-electron chi connectivity index (χ4n) is 9.11. The predicted molar refractivity (Wildman–Crippen MR) is 187 cm³/mol. The highest BCUT2D eigenvalue weighted by Gasteiger charge is 2.49. The number of amides is 1. The third-order valence-corrected chi connectivity index (χ3v) is 11.9. The van der Waals surface area contributed by atoms with E-state index in [1.54, 1.807) is 6.92 Å². The number of nitrogens with one attached hydrogen (secondary N) is 1. The lowest BCUT2D eigenvalue weighted by molar-refractivity contribution is -0.140. The number of anilines is 1. The quantitative estimate of drug-likeness (QED) is 0.250. The fraction of sp³-hybridized carbons (Fsp3) is 0.462. The predicted octanol–water partition coefficient (Wildman–Crippen LogP) is 5.35. The lowest BCUT2D eigenvalue weighted by atomic mass is 9.89. The zero-order valence-electron chi connectivity index (χ0n) is 28.4. The van der Waals surface area contributed by atoms with Crippen LogP contribution in [0.1, 0.15) is 51.0 Å². The van der Waals surface area contributed by atoms with E-state index >= 15 is 8.78 Å². The van der Waals surface area contributed by atoms with Crippen molar-refractivity contribution < 1.29 is 27.8 Å². The van der Waals surface area contributed by atoms with E-state index in [4.69, 9.17) is 16.1 Å². The molecule has 5 saturated heterocycles. The molecule has 4 bridgehead atoms. The van der Waals surface area contributed by atoms with Crippen LogP contribution >= 0.6 is 0 Å². The van der Waals surface area contributed by atoms with Gasteiger partial charge in [-0.05, 0) is 68.2 Å². The number of piperazine rings is 2. The average molecular weight is 697 g/mol. The van der Waals surface area contributed by atoms with E-state index in [2.05, 4.69) is 26.0 Å². The minimum Gasteiger partial charge on any atom is -0.508 e. The van der Waals surface area contributed by atoms with Gasteiger partial charge in [0.2, 0.25) is 5.91 Å². The van der Waals surface area contributed by atoms with Gasteiger partial charge >= 0.3 is 6.01 Å². The standard InChI is InChI=1S/C39H39F3N6O3/c1-3-28-31(40)9-4-22-12-27(50)13-29(33(22)28)34-32(41)14-30-36(35(34)42)44-38(45-37(30)46-15-23-5-6-24(16-46)43-23)51-20-39(10-11-39)19-47-17-26-8-7-25(47)18-48(26)21(2)49/h1,4,9,12-14,23-26,43,50H,5-8,10-11,15-20H2,2H3. The van der Waals surface area contributed by atoms with E-state index in [1.807, 2.05) is 4.90 Å². The van der Waals surface area contributed by atoms with Gasteiger partial charge in [0.15, 0.2) is 5.82 Å². The number of hydrogen-bond donors (Lipinski definition) is 2. The highest BCUT2D eigenvalue weighted by atomic mass is 19.1. The molecule has 4 unspecified atom stereocenters. The summed E-state index contributed by atoms with van der Waals surface area (Å²) in [5, 5.41) is 14.8. The normalized spacial score (nSPS) is 25.1. The van der Waals surface area contributed by atoms with Crippen LogP contribution in [0.25, 0.3) is 32.8 Å². The minimum atomic E-state index is -0.976. The number of halogens is 3. The molecular formula is C39H39F3N6O3. The molecule has 12 heteroatoms. The first-order valence-electron chi connectivity index (χ1n) is 17.9. The van der Waals surface area contributed by atoms with Gasteiger partial charge in [-0.3, -0.25) is 9.69 Å². The maximum Gasteiger partial charge on any atom is 0.319 e. The largest absolute Gasteiger partial charge is 0.508 e. The summed E-state index contributed by atoms with van der Waals surface area (Å²) in [6, 6.07) is 7.41. The highest BCUT2D eigenvalue weighted by molar-refractivity contribution is 6.04. The van der Waals surface area contributed by atoms with Crippen molar-refractivity contribution in [3.63, 3.8) is 0 Å². The number of fused-ring (bicyclic) bond motifs is 7. The zero-order valence-corrected chi connectivity index (χ0v) is 28.4. The summed E-state index contributed by atoms with van der Waals surface area (Å²) >= 11 is 0. The Bertz CT molecular complexity index is 2140. The number of rotatable bonds is 7. The van der Waals surface area contributed by atoms with Gasteiger partial charge in [-0.2, -0.15) is 9.97 Å². The summed E-state index contributed by atoms with van der Waals surface area (Å²) in [4.78, 5) is 28.1. The number of nitrogens with zero attached hydrogens (tertiary/aromatic N) is 5. The Kier molecular flexibility index (Phi) is 7.60. The second kappa shape index (κ2) is 12.0. The molecule has 51 heavy (non-hydrogen) atoms. The molecular weight excluding hydrogens is 657 g/mol. The number of terminal acetylenes is 1. The number of hydrogen-bond acceptors (Lipinski definition) is 8. The van der Waals surface area contributed by atoms with E-state index in [0.717, 1.165) is 58.2 Å². The van der Waals surface area contributed by atoms with Gasteiger partial charge in [0.05, 0.1) is 17.7 Å². The van der Waals surface area contributed by atoms with Gasteiger partial charge in [-0.15, -0.1) is 6.42 Å². The van der Waals surface area contributed by atoms with Gasteiger partial charge in [0.1, 0.15) is 28.7 Å². The molecule has 1 aromatic heterocycles. The molecule has 3 aromatic carbocycles. The number of aromatic nitrogens is 2. The van der Waals surface area contributed by atoms with E-state index in [-0.39, 0.29) is 68.6 Å². The second-order valence-corrected chi connectivity index (χ2v) is 15.2. The smallest absolute Gasteiger partial charge is 0.319 e. The van der Waals surface area contributed by atoms with Crippen molar-refractivity contribution in [2.45, 2.75) is 69.6 Å². The zero-order chi connectivity index (χ0) is 35.2. The summed E-state index contributed by atoms with van der Waals surface area (Å²) in [5.74, 6) is 0.00230. The van der Waals surface area contributed by atoms with E-state index < -0.39 is 23.0 Å². The number of aromatic hydroxyl groups is 1. The van der Waals surface area contributed by atoms with Crippen LogP contribution in [0.4, 0.5) is 19.0 Å². The van der Waals surface area contributed by atoms with Crippen molar-refractivity contribution in [3.05, 3.63) is 53.3 Å². The molecule has 4 aromatic rings. The molecule has 6 fully saturated rings. The molecule has 1 saturated carbocycles. The topological polar surface area (TPSA) is 94.1 Å². The molecule has 0 spiro atoms. The van der Waals surface area contributed by atoms with Gasteiger partial charge in [0, 0.05) is 85.6 Å². The van der Waals surface area contributed by atoms with Crippen molar-refractivity contribution in [1.29, 1.82) is 0 Å². The Morgan fingerprint density at radius 3 is 2.47 bits per heavy atom. The number of benzene rings is 3. The maximum atomic E-state index is 17.0. The first kappa shape index (κ1) is 32.3. The molecule has 4 atom stereocenters. The Morgan fingerprint density at radius 2 is 1.78 bits per heavy atom. The SMILES string of the molecule is C#Cc1c(F)ccc2cc(O)cc(-c3c(F)cc4c(N5CC6CCC(C5)N6)nc(OCC5(CN6CC7CCC6CN7C(C)=O)CC5)nc4c3F)c12. The summed E-state index contributed by atoms with van der Waals surface area (Å²) < 4.78 is 54.6. The Labute approximate surface area is 293 Å². The molecule has 1 aliphatic carbocycles. The van der Waals surface area contributed by atoms with Gasteiger partial charge in [-0.1, -0.05) is 12.0 Å². The Hall–Kier alpha value is -4.60. The second-order valence-electron chi connectivity index (χ2n) is 15.2. The molecule has 264 valence electrons. The van der Waals surface area contributed by atoms with Crippen LogP contribution in [0, 0.1) is 35.2 Å². The number of phenols is 1. The van der Waals surface area contributed by atoms with Crippen molar-refractivity contribution in [3.8, 4) is 35.2 Å². The van der Waals surface area contributed by atoms with Crippen molar-refractivity contribution in [2.75, 3.05) is 44.2 Å². The molecule has 9 nitrogen and oxygen atoms in total. The van der Waals surface area contributed by atoms with Crippen LogP contribution in [0.15, 0.2) is 30.3 Å². The molecule has 6 aliphatic rings. The third-order valence-electron chi connectivity index (χ3n) is 11.9. The van der Waals surface area contributed by atoms with Crippen molar-refractivity contribution >= 4 is 33.4 Å². The van der Waals surface area contributed by atoms with Crippen LogP contribution in [-0.2, 0) is 4.79 Å². The molecule has 1 amide bonds. The average Bonchev–Trinajstić information content (AvgIpc) is 3.80. The number of phenolic OH excluding ortho intramolecular Hbond substituents is 1. The molecule has 2 N–H and O–H groups in total. The van der Waals surface area contributed by atoms with E-state index in [1.165, 1.54) is 30.3 Å². The molecule has 10 rings (SSSR count). The first-order chi connectivity index (χ1) is 24.6. The molecule has 5 aliphatic heterocycles. The minimum absolute atomic E-state index is 0.00478. The van der Waals surface area contributed by atoms with Crippen LogP contribution in [0.3, 0.4) is 0 Å². The van der Waals surface area contributed by atoms with Crippen LogP contribution in [-0.4, -0.2) is 94.3 Å². The monoisotopic (exact) mass is 696 g/mol. The lowest BCUT2D eigenvalue weighted by Crippen LogP contribution is -2.64. The van der Waals surface area contributed by atoms with Gasteiger partial charge in [0.25, 0.3) is 0 Å². The van der Waals surface area contributed by atoms with Crippen molar-refractivity contribution in [2.24, 2.45) is 5.41 Å². The number of carbonyl (C=O) groups is 1. The highest BCUT2D eigenvalue weighted by Crippen LogP contribution is 2.48. The van der Waals surface area contributed by atoms with Crippen LogP contribution in [0.2, 0.25) is 0 Å². The maximum absolute atomic E-state index is 17.0. The third kappa shape index (κ3) is 5.53. The summed E-state index contributed by atoms with van der Waals surface area (Å²) in [7, 11) is 0. The van der Waals surface area contributed by atoms with E-state index in [9.17, 15) is 14.3 Å². The van der Waals surface area contributed by atoms with Crippen LogP contribution < -0.4 is 15.0 Å².